The Morgan fingerprint density at radius 3 is 2.56 bits per heavy atom. The summed E-state index contributed by atoms with van der Waals surface area (Å²) in [6, 6.07) is 8.04. The van der Waals surface area contributed by atoms with E-state index in [9.17, 15) is 8.42 Å². The molecule has 0 aliphatic rings. The number of hydrogen-bond donors (Lipinski definition) is 1. The van der Waals surface area contributed by atoms with Gasteiger partial charge < -0.3 is 18.7 Å². The van der Waals surface area contributed by atoms with Gasteiger partial charge in [-0.3, -0.25) is 4.72 Å². The Bertz CT molecular complexity index is 1070. The summed E-state index contributed by atoms with van der Waals surface area (Å²) in [4.78, 5) is -0.0327. The first-order chi connectivity index (χ1) is 12.9. The summed E-state index contributed by atoms with van der Waals surface area (Å²) in [6.45, 7) is 2.33. The molecule has 0 bridgehead atoms. The van der Waals surface area contributed by atoms with E-state index in [2.05, 4.69) is 9.88 Å². The van der Waals surface area contributed by atoms with Gasteiger partial charge in [0.15, 0.2) is 11.4 Å². The van der Waals surface area contributed by atoms with Gasteiger partial charge in [-0.15, -0.1) is 0 Å². The molecule has 0 saturated heterocycles. The molecule has 0 spiro atoms. The topological polar surface area (TPSA) is 99.9 Å². The van der Waals surface area contributed by atoms with Crippen LogP contribution in [0, 0.1) is 6.92 Å². The predicted octanol–water partition coefficient (Wildman–Crippen LogP) is 3.10. The van der Waals surface area contributed by atoms with Crippen molar-refractivity contribution in [3.05, 3.63) is 41.5 Å². The highest BCUT2D eigenvalue weighted by atomic mass is 32.2. The lowest BCUT2D eigenvalue weighted by atomic mass is 10.1. The van der Waals surface area contributed by atoms with Gasteiger partial charge in [0.1, 0.15) is 16.4 Å². The Morgan fingerprint density at radius 2 is 1.89 bits per heavy atom. The van der Waals surface area contributed by atoms with Crippen LogP contribution in [0.25, 0.3) is 11.0 Å². The normalized spacial score (nSPS) is 11.6. The van der Waals surface area contributed by atoms with Crippen molar-refractivity contribution in [3.8, 4) is 11.5 Å². The van der Waals surface area contributed by atoms with E-state index in [1.54, 1.807) is 19.2 Å². The molecule has 0 aliphatic heterocycles. The summed E-state index contributed by atoms with van der Waals surface area (Å²) in [5, 5.41) is 4.42. The second-order valence-corrected chi connectivity index (χ2v) is 7.51. The molecule has 0 atom stereocenters. The summed E-state index contributed by atoms with van der Waals surface area (Å²) in [5.74, 6) is 0.752. The Kier molecular flexibility index (Phi) is 5.24. The van der Waals surface area contributed by atoms with Crippen molar-refractivity contribution in [2.45, 2.75) is 18.4 Å². The molecule has 1 heterocycles. The minimum Gasteiger partial charge on any atom is -0.497 e. The monoisotopic (exact) mass is 392 g/mol. The molecule has 2 aromatic carbocycles. The highest BCUT2D eigenvalue weighted by Crippen LogP contribution is 2.32. The van der Waals surface area contributed by atoms with E-state index in [-0.39, 0.29) is 16.5 Å². The molecule has 9 heteroatoms. The van der Waals surface area contributed by atoms with Crippen molar-refractivity contribution in [1.29, 1.82) is 0 Å². The smallest absolute Gasteiger partial charge is 0.266 e. The number of fused-ring (bicyclic) bond motifs is 1. The first kappa shape index (κ1) is 19.0. The van der Waals surface area contributed by atoms with E-state index < -0.39 is 10.0 Å². The van der Waals surface area contributed by atoms with Crippen LogP contribution in [0.3, 0.4) is 0 Å². The number of benzene rings is 2. The maximum atomic E-state index is 12.8. The molecule has 144 valence electrons. The van der Waals surface area contributed by atoms with Crippen LogP contribution in [0.1, 0.15) is 11.1 Å². The Labute approximate surface area is 157 Å². The number of rotatable bonds is 7. The summed E-state index contributed by atoms with van der Waals surface area (Å²) in [7, 11) is 0.527. The number of aryl methyl sites for hydroxylation is 1. The lowest BCUT2D eigenvalue weighted by Gasteiger charge is -2.11. The fraction of sp³-hybridized carbons (Fsp3) is 0.278. The maximum absolute atomic E-state index is 12.8. The third kappa shape index (κ3) is 3.69. The Balaban J connectivity index is 2.00. The van der Waals surface area contributed by atoms with Gasteiger partial charge in [-0.25, -0.2) is 8.42 Å². The van der Waals surface area contributed by atoms with Crippen molar-refractivity contribution in [2.24, 2.45) is 0 Å². The largest absolute Gasteiger partial charge is 0.497 e. The van der Waals surface area contributed by atoms with Crippen LogP contribution in [-0.2, 0) is 21.4 Å². The van der Waals surface area contributed by atoms with Crippen LogP contribution in [0.15, 0.2) is 39.8 Å². The fourth-order valence-electron chi connectivity index (χ4n) is 2.70. The highest BCUT2D eigenvalue weighted by Gasteiger charge is 2.23. The lowest BCUT2D eigenvalue weighted by Crippen LogP contribution is -2.14. The molecule has 0 unspecified atom stereocenters. The predicted molar refractivity (Wildman–Crippen MR) is 99.8 cm³/mol. The number of nitrogens with zero attached hydrogens (tertiary/aromatic N) is 1. The van der Waals surface area contributed by atoms with Gasteiger partial charge in [0.25, 0.3) is 10.0 Å². The summed E-state index contributed by atoms with van der Waals surface area (Å²) >= 11 is 0. The number of sulfonamides is 1. The maximum Gasteiger partial charge on any atom is 0.266 e. The molecule has 0 amide bonds. The van der Waals surface area contributed by atoms with E-state index in [1.165, 1.54) is 26.4 Å². The van der Waals surface area contributed by atoms with E-state index >= 15 is 0 Å². The second kappa shape index (κ2) is 7.45. The fourth-order valence-corrected chi connectivity index (χ4v) is 3.86. The molecule has 1 N–H and O–H groups in total. The zero-order chi connectivity index (χ0) is 19.6. The standard InChI is InChI=1S/C18H20N2O6S/c1-11-7-14-15(8-12(11)10-23-2)26-19-18(14)20-27(21,22)17-6-5-13(24-3)9-16(17)25-4/h5-9H,10H2,1-4H3,(H,19,20). The zero-order valence-electron chi connectivity index (χ0n) is 15.4. The third-order valence-electron chi connectivity index (χ3n) is 4.12. The van der Waals surface area contributed by atoms with Gasteiger partial charge >= 0.3 is 0 Å². The molecule has 27 heavy (non-hydrogen) atoms. The molecule has 0 saturated carbocycles. The van der Waals surface area contributed by atoms with Gasteiger partial charge in [-0.05, 0) is 42.3 Å². The average molecular weight is 392 g/mol. The zero-order valence-corrected chi connectivity index (χ0v) is 16.2. The van der Waals surface area contributed by atoms with Crippen LogP contribution in [0.4, 0.5) is 5.82 Å². The number of aromatic nitrogens is 1. The van der Waals surface area contributed by atoms with Crippen molar-refractivity contribution in [2.75, 3.05) is 26.1 Å². The van der Waals surface area contributed by atoms with Gasteiger partial charge in [0.2, 0.25) is 0 Å². The van der Waals surface area contributed by atoms with Crippen LogP contribution < -0.4 is 14.2 Å². The number of nitrogens with one attached hydrogen (secondary N) is 1. The van der Waals surface area contributed by atoms with E-state index in [1.807, 2.05) is 13.0 Å². The van der Waals surface area contributed by atoms with Gasteiger partial charge in [0, 0.05) is 13.2 Å². The molecule has 3 rings (SSSR count). The van der Waals surface area contributed by atoms with Crippen LogP contribution in [-0.4, -0.2) is 34.9 Å². The molecule has 0 aliphatic carbocycles. The Hall–Kier alpha value is -2.78. The molecule has 3 aromatic rings. The van der Waals surface area contributed by atoms with Crippen molar-refractivity contribution < 1.29 is 27.2 Å². The third-order valence-corrected chi connectivity index (χ3v) is 5.50. The number of ether oxygens (including phenoxy) is 3. The molecule has 1 aromatic heterocycles. The molecular weight excluding hydrogens is 372 g/mol. The average Bonchev–Trinajstić information content (AvgIpc) is 3.02. The summed E-state index contributed by atoms with van der Waals surface area (Å²) in [5.41, 5.74) is 2.34. The van der Waals surface area contributed by atoms with Gasteiger partial charge in [-0.2, -0.15) is 0 Å². The van der Waals surface area contributed by atoms with Gasteiger partial charge in [-0.1, -0.05) is 5.16 Å². The summed E-state index contributed by atoms with van der Waals surface area (Å²) in [6.07, 6.45) is 0. The lowest BCUT2D eigenvalue weighted by molar-refractivity contribution is 0.184. The van der Waals surface area contributed by atoms with Crippen molar-refractivity contribution in [3.63, 3.8) is 0 Å². The summed E-state index contributed by atoms with van der Waals surface area (Å²) < 4.78 is 48.9. The quantitative estimate of drug-likeness (QED) is 0.659. The van der Waals surface area contributed by atoms with Crippen molar-refractivity contribution in [1.82, 2.24) is 5.16 Å². The number of methoxy groups -OCH3 is 3. The van der Waals surface area contributed by atoms with Crippen LogP contribution in [0.5, 0.6) is 11.5 Å². The second-order valence-electron chi connectivity index (χ2n) is 5.86. The number of anilines is 1. The van der Waals surface area contributed by atoms with Crippen LogP contribution in [0.2, 0.25) is 0 Å². The van der Waals surface area contributed by atoms with Crippen molar-refractivity contribution >= 4 is 26.8 Å². The first-order valence-corrected chi connectivity index (χ1v) is 9.50. The number of hydrogen-bond acceptors (Lipinski definition) is 7. The Morgan fingerprint density at radius 1 is 1.11 bits per heavy atom. The van der Waals surface area contributed by atoms with E-state index in [0.717, 1.165) is 11.1 Å². The highest BCUT2D eigenvalue weighted by molar-refractivity contribution is 7.92. The molecule has 8 nitrogen and oxygen atoms in total. The van der Waals surface area contributed by atoms with Gasteiger partial charge in [0.05, 0.1) is 26.2 Å². The minimum absolute atomic E-state index is 0.0327. The molecular formula is C18H20N2O6S. The first-order valence-electron chi connectivity index (χ1n) is 8.02. The van der Waals surface area contributed by atoms with E-state index in [4.69, 9.17) is 18.7 Å². The molecule has 0 radical (unpaired) electrons. The minimum atomic E-state index is -3.95. The van der Waals surface area contributed by atoms with E-state index in [0.29, 0.717) is 23.3 Å². The SMILES string of the molecule is COCc1cc2onc(NS(=O)(=O)c3ccc(OC)cc3OC)c2cc1C. The molecule has 0 fully saturated rings. The van der Waals surface area contributed by atoms with Crippen LogP contribution >= 0.6 is 0 Å².